The standard InChI is InChI=1S/C25H30N2O4/c1-17(28)26-21-10-7-18(8-11-21)15-27-16-20(14-25(27)29)19-9-12-23(30-2)24(13-19)31-22-5-3-4-6-22/h7-13,20,22H,3-6,14-16H2,1-2H3,(H,26,28)/t20-/m1/s1. The molecule has 6 heteroatoms. The number of likely N-dealkylation sites (tertiary alicyclic amines) is 1. The van der Waals surface area contributed by atoms with Crippen LogP contribution < -0.4 is 14.8 Å². The third-order valence-electron chi connectivity index (χ3n) is 6.12. The lowest BCUT2D eigenvalue weighted by molar-refractivity contribution is -0.128. The van der Waals surface area contributed by atoms with Crippen LogP contribution in [0.5, 0.6) is 11.5 Å². The van der Waals surface area contributed by atoms with Gasteiger partial charge in [0.2, 0.25) is 11.8 Å². The van der Waals surface area contributed by atoms with E-state index in [-0.39, 0.29) is 23.8 Å². The molecule has 2 aromatic rings. The second-order valence-electron chi connectivity index (χ2n) is 8.49. The van der Waals surface area contributed by atoms with Crippen LogP contribution in [0.4, 0.5) is 5.69 Å². The van der Waals surface area contributed by atoms with Gasteiger partial charge in [0.25, 0.3) is 0 Å². The van der Waals surface area contributed by atoms with Crippen molar-refractivity contribution in [3.63, 3.8) is 0 Å². The fourth-order valence-electron chi connectivity index (χ4n) is 4.49. The summed E-state index contributed by atoms with van der Waals surface area (Å²) >= 11 is 0. The van der Waals surface area contributed by atoms with Crippen LogP contribution in [0.1, 0.15) is 56.1 Å². The third kappa shape index (κ3) is 5.19. The minimum absolute atomic E-state index is 0.0962. The molecule has 4 rings (SSSR count). The van der Waals surface area contributed by atoms with E-state index in [1.807, 2.05) is 41.3 Å². The van der Waals surface area contributed by atoms with Crippen molar-refractivity contribution >= 4 is 17.5 Å². The average Bonchev–Trinajstić information content (AvgIpc) is 3.39. The van der Waals surface area contributed by atoms with Gasteiger partial charge < -0.3 is 19.7 Å². The van der Waals surface area contributed by atoms with Gasteiger partial charge in [0.15, 0.2) is 11.5 Å². The van der Waals surface area contributed by atoms with Crippen LogP contribution in [0, 0.1) is 0 Å². The topological polar surface area (TPSA) is 67.9 Å². The van der Waals surface area contributed by atoms with Crippen molar-refractivity contribution in [1.29, 1.82) is 0 Å². The number of rotatable bonds is 7. The molecule has 1 saturated heterocycles. The molecule has 1 atom stereocenters. The molecule has 0 aromatic heterocycles. The highest BCUT2D eigenvalue weighted by molar-refractivity contribution is 5.88. The lowest BCUT2D eigenvalue weighted by atomic mass is 9.98. The van der Waals surface area contributed by atoms with Crippen molar-refractivity contribution < 1.29 is 19.1 Å². The smallest absolute Gasteiger partial charge is 0.223 e. The Morgan fingerprint density at radius 2 is 1.84 bits per heavy atom. The van der Waals surface area contributed by atoms with Gasteiger partial charge in [0.1, 0.15) is 0 Å². The van der Waals surface area contributed by atoms with Gasteiger partial charge in [-0.05, 0) is 61.1 Å². The van der Waals surface area contributed by atoms with Gasteiger partial charge in [-0.25, -0.2) is 0 Å². The van der Waals surface area contributed by atoms with Crippen LogP contribution in [-0.4, -0.2) is 36.5 Å². The first-order valence-electron chi connectivity index (χ1n) is 11.0. The van der Waals surface area contributed by atoms with Crippen LogP contribution in [0.25, 0.3) is 0 Å². The molecule has 1 saturated carbocycles. The highest BCUT2D eigenvalue weighted by atomic mass is 16.5. The van der Waals surface area contributed by atoms with Crippen molar-refractivity contribution in [2.24, 2.45) is 0 Å². The predicted octanol–water partition coefficient (Wildman–Crippen LogP) is 4.49. The maximum absolute atomic E-state index is 12.7. The zero-order valence-electron chi connectivity index (χ0n) is 18.2. The lowest BCUT2D eigenvalue weighted by Crippen LogP contribution is -2.24. The van der Waals surface area contributed by atoms with Crippen LogP contribution in [0.3, 0.4) is 0 Å². The number of benzene rings is 2. The fraction of sp³-hybridized carbons (Fsp3) is 0.440. The number of anilines is 1. The molecule has 31 heavy (non-hydrogen) atoms. The van der Waals surface area contributed by atoms with E-state index in [0.717, 1.165) is 41.2 Å². The fourth-order valence-corrected chi connectivity index (χ4v) is 4.49. The van der Waals surface area contributed by atoms with Crippen molar-refractivity contribution in [1.82, 2.24) is 4.90 Å². The lowest BCUT2D eigenvalue weighted by Gasteiger charge is -2.19. The Bertz CT molecular complexity index is 935. The first-order valence-corrected chi connectivity index (χ1v) is 11.0. The second-order valence-corrected chi connectivity index (χ2v) is 8.49. The van der Waals surface area contributed by atoms with Crippen molar-refractivity contribution in [3.8, 4) is 11.5 Å². The zero-order chi connectivity index (χ0) is 21.8. The summed E-state index contributed by atoms with van der Waals surface area (Å²) < 4.78 is 11.7. The number of ether oxygens (including phenoxy) is 2. The van der Waals surface area contributed by atoms with Crippen molar-refractivity contribution in [2.75, 3.05) is 19.0 Å². The first-order chi connectivity index (χ1) is 15.0. The maximum Gasteiger partial charge on any atom is 0.223 e. The van der Waals surface area contributed by atoms with Gasteiger partial charge >= 0.3 is 0 Å². The van der Waals surface area contributed by atoms with E-state index in [0.29, 0.717) is 19.5 Å². The summed E-state index contributed by atoms with van der Waals surface area (Å²) in [7, 11) is 1.66. The summed E-state index contributed by atoms with van der Waals surface area (Å²) in [5.41, 5.74) is 2.92. The predicted molar refractivity (Wildman–Crippen MR) is 119 cm³/mol. The van der Waals surface area contributed by atoms with E-state index in [4.69, 9.17) is 9.47 Å². The first kappa shape index (κ1) is 21.2. The summed E-state index contributed by atoms with van der Waals surface area (Å²) in [6.45, 7) is 2.74. The maximum atomic E-state index is 12.7. The van der Waals surface area contributed by atoms with E-state index in [2.05, 4.69) is 11.4 Å². The Balaban J connectivity index is 1.43. The molecule has 164 valence electrons. The van der Waals surface area contributed by atoms with E-state index < -0.39 is 0 Å². The molecule has 1 aliphatic carbocycles. The molecule has 2 amide bonds. The molecule has 1 N–H and O–H groups in total. The molecule has 0 unspecified atom stereocenters. The number of hydrogen-bond acceptors (Lipinski definition) is 4. The normalized spacial score (nSPS) is 19.0. The largest absolute Gasteiger partial charge is 0.493 e. The number of methoxy groups -OCH3 is 1. The summed E-state index contributed by atoms with van der Waals surface area (Å²) in [5, 5.41) is 2.76. The summed E-state index contributed by atoms with van der Waals surface area (Å²) in [6.07, 6.45) is 5.35. The molecule has 2 aliphatic rings. The summed E-state index contributed by atoms with van der Waals surface area (Å²) in [4.78, 5) is 25.7. The molecular formula is C25H30N2O4. The van der Waals surface area contributed by atoms with Crippen LogP contribution in [0.15, 0.2) is 42.5 Å². The van der Waals surface area contributed by atoms with Crippen LogP contribution in [-0.2, 0) is 16.1 Å². The number of carbonyl (C=O) groups is 2. The van der Waals surface area contributed by atoms with E-state index >= 15 is 0 Å². The summed E-state index contributed by atoms with van der Waals surface area (Å²) in [6, 6.07) is 13.7. The monoisotopic (exact) mass is 422 g/mol. The van der Waals surface area contributed by atoms with Gasteiger partial charge in [-0.1, -0.05) is 18.2 Å². The van der Waals surface area contributed by atoms with Crippen molar-refractivity contribution in [2.45, 2.75) is 57.6 Å². The molecule has 0 radical (unpaired) electrons. The van der Waals surface area contributed by atoms with Gasteiger partial charge in [-0.2, -0.15) is 0 Å². The van der Waals surface area contributed by atoms with Gasteiger partial charge in [0, 0.05) is 38.0 Å². The number of amides is 2. The Morgan fingerprint density at radius 1 is 1.10 bits per heavy atom. The van der Waals surface area contributed by atoms with E-state index in [9.17, 15) is 9.59 Å². The van der Waals surface area contributed by atoms with Crippen LogP contribution >= 0.6 is 0 Å². The Labute approximate surface area is 183 Å². The number of carbonyl (C=O) groups excluding carboxylic acids is 2. The molecule has 2 aromatic carbocycles. The minimum atomic E-state index is -0.0962. The molecule has 6 nitrogen and oxygen atoms in total. The molecular weight excluding hydrogens is 392 g/mol. The molecule has 0 spiro atoms. The van der Waals surface area contributed by atoms with Crippen LogP contribution in [0.2, 0.25) is 0 Å². The molecule has 2 fully saturated rings. The van der Waals surface area contributed by atoms with Crippen molar-refractivity contribution in [3.05, 3.63) is 53.6 Å². The highest BCUT2D eigenvalue weighted by Crippen LogP contribution is 2.37. The number of nitrogens with one attached hydrogen (secondary N) is 1. The summed E-state index contributed by atoms with van der Waals surface area (Å²) in [5.74, 6) is 1.73. The molecule has 1 heterocycles. The third-order valence-corrected chi connectivity index (χ3v) is 6.12. The molecule has 1 aliphatic heterocycles. The van der Waals surface area contributed by atoms with Gasteiger partial charge in [-0.15, -0.1) is 0 Å². The quantitative estimate of drug-likeness (QED) is 0.714. The highest BCUT2D eigenvalue weighted by Gasteiger charge is 2.31. The van der Waals surface area contributed by atoms with E-state index in [1.165, 1.54) is 19.8 Å². The molecule has 0 bridgehead atoms. The number of nitrogens with zero attached hydrogens (tertiary/aromatic N) is 1. The SMILES string of the molecule is COc1ccc([C@@H]2CC(=O)N(Cc3ccc(NC(C)=O)cc3)C2)cc1OC1CCCC1. The Morgan fingerprint density at radius 3 is 2.52 bits per heavy atom. The minimum Gasteiger partial charge on any atom is -0.493 e. The van der Waals surface area contributed by atoms with E-state index in [1.54, 1.807) is 7.11 Å². The van der Waals surface area contributed by atoms with Gasteiger partial charge in [0.05, 0.1) is 13.2 Å². The Hall–Kier alpha value is -3.02. The average molecular weight is 423 g/mol. The second kappa shape index (κ2) is 9.41. The van der Waals surface area contributed by atoms with Gasteiger partial charge in [-0.3, -0.25) is 9.59 Å². The zero-order valence-corrected chi connectivity index (χ0v) is 18.2. The Kier molecular flexibility index (Phi) is 6.44. The number of hydrogen-bond donors (Lipinski definition) is 1.